The van der Waals surface area contributed by atoms with Crippen molar-refractivity contribution < 1.29 is 17.9 Å². The molecular formula is C18H18F3N3O2S2. The van der Waals surface area contributed by atoms with E-state index in [9.17, 15) is 18.0 Å². The summed E-state index contributed by atoms with van der Waals surface area (Å²) in [6.07, 6.45) is -3.42. The average Bonchev–Trinajstić information content (AvgIpc) is 3.12. The van der Waals surface area contributed by atoms with Gasteiger partial charge in [-0.25, -0.2) is 4.98 Å². The van der Waals surface area contributed by atoms with E-state index in [0.29, 0.717) is 17.9 Å². The Morgan fingerprint density at radius 1 is 1.36 bits per heavy atom. The lowest BCUT2D eigenvalue weighted by atomic mass is 10.1. The van der Waals surface area contributed by atoms with E-state index < -0.39 is 22.7 Å². The monoisotopic (exact) mass is 429 g/mol. The Hall–Kier alpha value is -2.04. The Kier molecular flexibility index (Phi) is 6.01. The average molecular weight is 429 g/mol. The molecule has 3 aromatic heterocycles. The molecule has 0 saturated carbocycles. The molecule has 0 saturated heterocycles. The van der Waals surface area contributed by atoms with Gasteiger partial charge in [0.05, 0.1) is 21.5 Å². The number of nitrogens with one attached hydrogen (secondary N) is 1. The van der Waals surface area contributed by atoms with Crippen molar-refractivity contribution in [2.75, 3.05) is 13.7 Å². The predicted octanol–water partition coefficient (Wildman–Crippen LogP) is 4.80. The predicted molar refractivity (Wildman–Crippen MR) is 105 cm³/mol. The molecule has 3 rings (SSSR count). The number of pyridine rings is 1. The van der Waals surface area contributed by atoms with Crippen molar-refractivity contribution in [1.82, 2.24) is 14.5 Å². The Morgan fingerprint density at radius 3 is 2.71 bits per heavy atom. The van der Waals surface area contributed by atoms with Crippen LogP contribution in [0.2, 0.25) is 0 Å². The van der Waals surface area contributed by atoms with Crippen LogP contribution >= 0.6 is 23.6 Å². The summed E-state index contributed by atoms with van der Waals surface area (Å²) in [7, 11) is 1.53. The van der Waals surface area contributed by atoms with Crippen molar-refractivity contribution >= 4 is 34.6 Å². The molecule has 0 aliphatic carbocycles. The fourth-order valence-electron chi connectivity index (χ4n) is 2.90. The molecule has 3 aromatic rings. The van der Waals surface area contributed by atoms with Crippen LogP contribution in [0, 0.1) is 4.77 Å². The summed E-state index contributed by atoms with van der Waals surface area (Å²) in [6.45, 7) is 2.65. The third-order valence-electron chi connectivity index (χ3n) is 4.25. The number of H-pyrrole nitrogens is 1. The first-order valence-electron chi connectivity index (χ1n) is 8.59. The number of alkyl halides is 3. The maximum absolute atomic E-state index is 13.8. The van der Waals surface area contributed by atoms with Crippen molar-refractivity contribution in [3.8, 4) is 10.6 Å². The van der Waals surface area contributed by atoms with Gasteiger partial charge >= 0.3 is 6.18 Å². The first kappa shape index (κ1) is 20.7. The lowest BCUT2D eigenvalue weighted by molar-refractivity contribution is -0.136. The molecule has 0 fully saturated rings. The summed E-state index contributed by atoms with van der Waals surface area (Å²) in [6, 6.07) is 4.54. The van der Waals surface area contributed by atoms with Gasteiger partial charge in [-0.05, 0) is 43.3 Å². The van der Waals surface area contributed by atoms with Crippen molar-refractivity contribution in [2.24, 2.45) is 0 Å². The Labute approximate surface area is 167 Å². The number of aromatic nitrogens is 3. The number of methoxy groups -OCH3 is 1. The van der Waals surface area contributed by atoms with Gasteiger partial charge < -0.3 is 9.30 Å². The zero-order valence-electron chi connectivity index (χ0n) is 15.2. The van der Waals surface area contributed by atoms with Gasteiger partial charge in [-0.2, -0.15) is 13.2 Å². The van der Waals surface area contributed by atoms with E-state index in [0.717, 1.165) is 17.4 Å². The van der Waals surface area contributed by atoms with E-state index in [1.54, 1.807) is 6.07 Å². The lowest BCUT2D eigenvalue weighted by Gasteiger charge is -2.15. The zero-order valence-corrected chi connectivity index (χ0v) is 16.9. The Balaban J connectivity index is 2.34. The number of hydrogen-bond donors (Lipinski definition) is 1. The lowest BCUT2D eigenvalue weighted by Crippen LogP contribution is -2.21. The van der Waals surface area contributed by atoms with Gasteiger partial charge in [-0.1, -0.05) is 6.92 Å². The topological polar surface area (TPSA) is 59.9 Å². The third kappa shape index (κ3) is 4.03. The summed E-state index contributed by atoms with van der Waals surface area (Å²) in [5.74, 6) is 0. The second-order valence-corrected chi connectivity index (χ2v) is 7.68. The van der Waals surface area contributed by atoms with Crippen molar-refractivity contribution in [2.45, 2.75) is 32.5 Å². The van der Waals surface area contributed by atoms with Crippen LogP contribution in [0.4, 0.5) is 13.2 Å². The molecule has 28 heavy (non-hydrogen) atoms. The van der Waals surface area contributed by atoms with Crippen LogP contribution in [0.3, 0.4) is 0 Å². The van der Waals surface area contributed by atoms with E-state index in [2.05, 4.69) is 9.97 Å². The van der Waals surface area contributed by atoms with E-state index in [1.165, 1.54) is 23.0 Å². The SMILES string of the molecule is CCc1ccc(-c2cc(C(F)(F)F)c3c(=O)[nH]c(=S)n(CCCOC)c3n2)s1. The summed E-state index contributed by atoms with van der Waals surface area (Å²) < 4.78 is 47.8. The number of hydrogen-bond acceptors (Lipinski definition) is 5. The third-order valence-corrected chi connectivity index (χ3v) is 5.82. The number of thiophene rings is 1. The maximum Gasteiger partial charge on any atom is 0.417 e. The molecule has 0 atom stereocenters. The number of aromatic amines is 1. The summed E-state index contributed by atoms with van der Waals surface area (Å²) >= 11 is 6.56. The van der Waals surface area contributed by atoms with E-state index >= 15 is 0 Å². The smallest absolute Gasteiger partial charge is 0.385 e. The number of rotatable bonds is 6. The van der Waals surface area contributed by atoms with Crippen LogP contribution in [0.15, 0.2) is 23.0 Å². The second-order valence-electron chi connectivity index (χ2n) is 6.13. The minimum absolute atomic E-state index is 0.0341. The van der Waals surface area contributed by atoms with Crippen LogP contribution < -0.4 is 5.56 Å². The molecule has 0 bridgehead atoms. The molecule has 1 N–H and O–H groups in total. The number of halogens is 3. The fourth-order valence-corrected chi connectivity index (χ4v) is 4.08. The van der Waals surface area contributed by atoms with E-state index in [-0.39, 0.29) is 22.7 Å². The first-order chi connectivity index (χ1) is 13.3. The molecule has 10 heteroatoms. The highest BCUT2D eigenvalue weighted by Gasteiger charge is 2.35. The van der Waals surface area contributed by atoms with Crippen LogP contribution in [0.1, 0.15) is 23.8 Å². The molecular weight excluding hydrogens is 411 g/mol. The highest BCUT2D eigenvalue weighted by atomic mass is 32.1. The Morgan fingerprint density at radius 2 is 2.11 bits per heavy atom. The molecule has 0 aliphatic rings. The number of fused-ring (bicyclic) bond motifs is 1. The Bertz CT molecular complexity index is 1120. The highest BCUT2D eigenvalue weighted by Crippen LogP contribution is 2.37. The first-order valence-corrected chi connectivity index (χ1v) is 9.81. The van der Waals surface area contributed by atoms with Gasteiger partial charge in [0.15, 0.2) is 4.77 Å². The van der Waals surface area contributed by atoms with Crippen LogP contribution in [0.5, 0.6) is 0 Å². The minimum Gasteiger partial charge on any atom is -0.385 e. The number of ether oxygens (including phenoxy) is 1. The molecule has 0 aromatic carbocycles. The molecule has 0 radical (unpaired) electrons. The molecule has 5 nitrogen and oxygen atoms in total. The van der Waals surface area contributed by atoms with Crippen LogP contribution in [0.25, 0.3) is 21.6 Å². The largest absolute Gasteiger partial charge is 0.417 e. The highest BCUT2D eigenvalue weighted by molar-refractivity contribution is 7.71. The molecule has 0 amide bonds. The quantitative estimate of drug-likeness (QED) is 0.452. The molecule has 150 valence electrons. The summed E-state index contributed by atoms with van der Waals surface area (Å²) in [4.78, 5) is 20.7. The van der Waals surface area contributed by atoms with Gasteiger partial charge in [0, 0.05) is 25.1 Å². The normalized spacial score (nSPS) is 12.0. The van der Waals surface area contributed by atoms with Gasteiger partial charge in [-0.3, -0.25) is 9.78 Å². The van der Waals surface area contributed by atoms with Crippen LogP contribution in [-0.4, -0.2) is 28.3 Å². The van der Waals surface area contributed by atoms with E-state index in [4.69, 9.17) is 17.0 Å². The summed E-state index contributed by atoms with van der Waals surface area (Å²) in [5, 5.41) is -0.505. The molecule has 0 aliphatic heterocycles. The molecule has 0 unspecified atom stereocenters. The molecule has 3 heterocycles. The van der Waals surface area contributed by atoms with Gasteiger partial charge in [0.25, 0.3) is 5.56 Å². The minimum atomic E-state index is -4.71. The maximum atomic E-state index is 13.8. The number of aryl methyl sites for hydroxylation is 2. The van der Waals surface area contributed by atoms with Crippen molar-refractivity contribution in [3.63, 3.8) is 0 Å². The second kappa shape index (κ2) is 8.14. The number of nitrogens with zero attached hydrogens (tertiary/aromatic N) is 2. The van der Waals surface area contributed by atoms with Crippen LogP contribution in [-0.2, 0) is 23.9 Å². The van der Waals surface area contributed by atoms with Gasteiger partial charge in [0.1, 0.15) is 5.65 Å². The fraction of sp³-hybridized carbons (Fsp3) is 0.389. The standard InChI is InChI=1S/C18H18F3N3O2S2/c1-3-10-5-6-13(28-10)12-9-11(18(19,20)21)14-15(22-12)24(7-4-8-26-2)17(27)23-16(14)25/h5-6,9H,3-4,7-8H2,1-2H3,(H,23,25,27). The summed E-state index contributed by atoms with van der Waals surface area (Å²) in [5.41, 5.74) is -1.81. The van der Waals surface area contributed by atoms with Crippen molar-refractivity contribution in [3.05, 3.63) is 43.8 Å². The van der Waals surface area contributed by atoms with E-state index in [1.807, 2.05) is 13.0 Å². The molecule has 0 spiro atoms. The van der Waals surface area contributed by atoms with Gasteiger partial charge in [0.2, 0.25) is 0 Å². The zero-order chi connectivity index (χ0) is 20.5. The van der Waals surface area contributed by atoms with Gasteiger partial charge in [-0.15, -0.1) is 11.3 Å². The van der Waals surface area contributed by atoms with Crippen molar-refractivity contribution in [1.29, 1.82) is 0 Å².